The maximum atomic E-state index is 13.8. The number of nitrogens with zero attached hydrogens (tertiary/aromatic N) is 2. The molecule has 0 aliphatic heterocycles. The van der Waals surface area contributed by atoms with E-state index in [1.165, 1.54) is 49.7 Å². The van der Waals surface area contributed by atoms with E-state index in [-0.39, 0.29) is 17.7 Å². The molecule has 5 rings (SSSR count). The number of hydrogen-bond acceptors (Lipinski definition) is 2. The summed E-state index contributed by atoms with van der Waals surface area (Å²) < 4.78 is 2.32. The highest BCUT2D eigenvalue weighted by molar-refractivity contribution is 5.90. The Morgan fingerprint density at radius 2 is 1.48 bits per heavy atom. The molecule has 0 atom stereocenters. The van der Waals surface area contributed by atoms with Crippen molar-refractivity contribution in [1.29, 1.82) is 0 Å². The molecule has 4 heteroatoms. The molecular weight excluding hydrogens is 406 g/mol. The first-order valence-corrected chi connectivity index (χ1v) is 12.9. The number of para-hydroxylation sites is 2. The number of carbonyl (C=O) groups excluding carboxylic acids is 1. The van der Waals surface area contributed by atoms with Gasteiger partial charge in [0.1, 0.15) is 11.4 Å². The van der Waals surface area contributed by atoms with Crippen LogP contribution in [-0.2, 0) is 10.3 Å². The van der Waals surface area contributed by atoms with Crippen LogP contribution in [0.15, 0.2) is 42.5 Å². The van der Waals surface area contributed by atoms with Crippen LogP contribution in [0.5, 0.6) is 0 Å². The summed E-state index contributed by atoms with van der Waals surface area (Å²) in [7, 11) is 0. The van der Waals surface area contributed by atoms with Crippen molar-refractivity contribution in [2.24, 2.45) is 17.6 Å². The molecule has 1 amide bonds. The second kappa shape index (κ2) is 8.96. The summed E-state index contributed by atoms with van der Waals surface area (Å²) >= 11 is 0. The molecule has 4 nitrogen and oxygen atoms in total. The average molecular weight is 444 g/mol. The van der Waals surface area contributed by atoms with E-state index in [1.807, 2.05) is 6.07 Å². The van der Waals surface area contributed by atoms with Gasteiger partial charge in [-0.15, -0.1) is 0 Å². The zero-order valence-corrected chi connectivity index (χ0v) is 20.1. The number of amides is 1. The first-order valence-electron chi connectivity index (χ1n) is 12.9. The number of imidazole rings is 1. The monoisotopic (exact) mass is 443 g/mol. The first-order chi connectivity index (χ1) is 16.0. The summed E-state index contributed by atoms with van der Waals surface area (Å²) in [6, 6.07) is 14.9. The lowest BCUT2D eigenvalue weighted by molar-refractivity contribution is -0.135. The van der Waals surface area contributed by atoms with E-state index < -0.39 is 5.54 Å². The first kappa shape index (κ1) is 22.2. The van der Waals surface area contributed by atoms with Gasteiger partial charge in [0, 0.05) is 5.56 Å². The molecule has 0 unspecified atom stereocenters. The average Bonchev–Trinajstić information content (AvgIpc) is 3.22. The quantitative estimate of drug-likeness (QED) is 0.479. The van der Waals surface area contributed by atoms with Crippen molar-refractivity contribution in [3.05, 3.63) is 53.6 Å². The van der Waals surface area contributed by atoms with E-state index in [0.717, 1.165) is 48.1 Å². The number of aryl methyl sites for hydroxylation is 2. The Morgan fingerprint density at radius 1 is 0.879 bits per heavy atom. The van der Waals surface area contributed by atoms with Gasteiger partial charge in [-0.05, 0) is 80.7 Å². The number of primary amides is 1. The molecule has 2 aliphatic carbocycles. The van der Waals surface area contributed by atoms with Crippen LogP contribution in [-0.4, -0.2) is 15.5 Å². The van der Waals surface area contributed by atoms with E-state index in [4.69, 9.17) is 10.7 Å². The summed E-state index contributed by atoms with van der Waals surface area (Å²) in [5.41, 5.74) is 11.4. The fourth-order valence-corrected chi connectivity index (χ4v) is 6.77. The van der Waals surface area contributed by atoms with E-state index in [2.05, 4.69) is 54.8 Å². The molecule has 2 aromatic carbocycles. The van der Waals surface area contributed by atoms with Crippen molar-refractivity contribution in [1.82, 2.24) is 9.55 Å². The third-order valence-corrected chi connectivity index (χ3v) is 8.55. The number of rotatable bonds is 5. The van der Waals surface area contributed by atoms with Crippen molar-refractivity contribution in [2.75, 3.05) is 0 Å². The Bertz CT molecular complexity index is 1130. The van der Waals surface area contributed by atoms with Crippen molar-refractivity contribution < 1.29 is 4.79 Å². The lowest BCUT2D eigenvalue weighted by atomic mass is 9.63. The molecule has 2 N–H and O–H groups in total. The van der Waals surface area contributed by atoms with Gasteiger partial charge < -0.3 is 10.3 Å². The zero-order valence-electron chi connectivity index (χ0n) is 20.1. The number of carbonyl (C=O) groups is 1. The smallest absolute Gasteiger partial charge is 0.244 e. The van der Waals surface area contributed by atoms with Crippen molar-refractivity contribution in [3.63, 3.8) is 0 Å². The third kappa shape index (κ3) is 3.68. The van der Waals surface area contributed by atoms with Gasteiger partial charge in [-0.25, -0.2) is 4.98 Å². The molecule has 3 aromatic rings. The molecule has 1 heterocycles. The Balaban J connectivity index is 1.83. The second-order valence-electron chi connectivity index (χ2n) is 10.4. The molecule has 2 fully saturated rings. The SMILES string of the molecule is Cc1ccc(-c2nc3ccccc3n2C(C(N)=O)(C2CCCCC2)C2CCCCC2)cc1C. The van der Waals surface area contributed by atoms with E-state index in [0.29, 0.717) is 0 Å². The lowest BCUT2D eigenvalue weighted by Gasteiger charge is -2.48. The van der Waals surface area contributed by atoms with Gasteiger partial charge in [-0.1, -0.05) is 62.8 Å². The fourth-order valence-electron chi connectivity index (χ4n) is 6.77. The van der Waals surface area contributed by atoms with E-state index in [1.54, 1.807) is 0 Å². The Labute approximate surface area is 197 Å². The Hall–Kier alpha value is -2.62. The molecule has 0 radical (unpaired) electrons. The minimum Gasteiger partial charge on any atom is -0.368 e. The van der Waals surface area contributed by atoms with Gasteiger partial charge in [0.2, 0.25) is 5.91 Å². The number of nitrogens with two attached hydrogens (primary N) is 1. The van der Waals surface area contributed by atoms with Crippen LogP contribution in [0.2, 0.25) is 0 Å². The van der Waals surface area contributed by atoms with Gasteiger partial charge in [0.15, 0.2) is 0 Å². The summed E-state index contributed by atoms with van der Waals surface area (Å²) in [5, 5.41) is 0. The van der Waals surface area contributed by atoms with Gasteiger partial charge in [-0.2, -0.15) is 0 Å². The van der Waals surface area contributed by atoms with Crippen molar-refractivity contribution in [2.45, 2.75) is 83.6 Å². The molecular formula is C29H37N3O. The van der Waals surface area contributed by atoms with Crippen molar-refractivity contribution in [3.8, 4) is 11.4 Å². The second-order valence-corrected chi connectivity index (χ2v) is 10.4. The Morgan fingerprint density at radius 3 is 2.06 bits per heavy atom. The summed E-state index contributed by atoms with van der Waals surface area (Å²) in [6.45, 7) is 4.29. The van der Waals surface area contributed by atoms with Gasteiger partial charge in [0.25, 0.3) is 0 Å². The molecule has 2 saturated carbocycles. The van der Waals surface area contributed by atoms with Gasteiger partial charge in [-0.3, -0.25) is 4.79 Å². The maximum absolute atomic E-state index is 13.8. The van der Waals surface area contributed by atoms with Gasteiger partial charge >= 0.3 is 0 Å². The lowest BCUT2D eigenvalue weighted by Crippen LogP contribution is -2.58. The molecule has 0 saturated heterocycles. The molecule has 1 aromatic heterocycles. The van der Waals surface area contributed by atoms with Crippen LogP contribution in [0.4, 0.5) is 0 Å². The normalized spacial score (nSPS) is 18.6. The predicted octanol–water partition coefficient (Wildman–Crippen LogP) is 6.66. The summed E-state index contributed by atoms with van der Waals surface area (Å²) in [6.07, 6.45) is 11.5. The van der Waals surface area contributed by atoms with Crippen LogP contribution < -0.4 is 5.73 Å². The van der Waals surface area contributed by atoms with Crippen LogP contribution in [0.25, 0.3) is 22.4 Å². The van der Waals surface area contributed by atoms with Crippen LogP contribution >= 0.6 is 0 Å². The van der Waals surface area contributed by atoms with Crippen molar-refractivity contribution >= 4 is 16.9 Å². The maximum Gasteiger partial charge on any atom is 0.244 e. The zero-order chi connectivity index (χ0) is 23.0. The summed E-state index contributed by atoms with van der Waals surface area (Å²) in [5.74, 6) is 1.26. The highest BCUT2D eigenvalue weighted by Crippen LogP contribution is 2.50. The van der Waals surface area contributed by atoms with Crippen LogP contribution in [0.1, 0.15) is 75.3 Å². The highest BCUT2D eigenvalue weighted by atomic mass is 16.1. The topological polar surface area (TPSA) is 60.9 Å². The molecule has 174 valence electrons. The van der Waals surface area contributed by atoms with E-state index >= 15 is 0 Å². The molecule has 2 aliphatic rings. The number of aromatic nitrogens is 2. The Kier molecular flexibility index (Phi) is 6.03. The number of hydrogen-bond donors (Lipinski definition) is 1. The summed E-state index contributed by atoms with van der Waals surface area (Å²) in [4.78, 5) is 19.0. The van der Waals surface area contributed by atoms with Gasteiger partial charge in [0.05, 0.1) is 11.0 Å². The molecule has 33 heavy (non-hydrogen) atoms. The fraction of sp³-hybridized carbons (Fsp3) is 0.517. The standard InChI is InChI=1S/C29H37N3O/c1-20-17-18-22(19-21(20)2)27-31-25-15-9-10-16-26(25)32(27)29(28(30)33,23-11-5-3-6-12-23)24-13-7-4-8-14-24/h9-10,15-19,23-24H,3-8,11-14H2,1-2H3,(H2,30,33). The predicted molar refractivity (Wildman–Crippen MR) is 135 cm³/mol. The minimum absolute atomic E-state index is 0.158. The van der Waals surface area contributed by atoms with Crippen LogP contribution in [0, 0.1) is 25.7 Å². The number of fused-ring (bicyclic) bond motifs is 1. The molecule has 0 bridgehead atoms. The van der Waals surface area contributed by atoms with E-state index in [9.17, 15) is 4.79 Å². The number of benzene rings is 2. The minimum atomic E-state index is -0.731. The third-order valence-electron chi connectivity index (χ3n) is 8.55. The highest BCUT2D eigenvalue weighted by Gasteiger charge is 2.53. The largest absolute Gasteiger partial charge is 0.368 e. The van der Waals surface area contributed by atoms with Crippen LogP contribution in [0.3, 0.4) is 0 Å². The molecule has 0 spiro atoms.